The van der Waals surface area contributed by atoms with Crippen molar-refractivity contribution in [2.45, 2.75) is 25.9 Å². The zero-order chi connectivity index (χ0) is 9.80. The Balaban J connectivity index is 2.04. The topological polar surface area (TPSA) is 55.6 Å². The van der Waals surface area contributed by atoms with Crippen LogP contribution in [-0.2, 0) is 6.54 Å². The summed E-state index contributed by atoms with van der Waals surface area (Å²) < 4.78 is 1.97. The highest BCUT2D eigenvalue weighted by Gasteiger charge is 2.21. The van der Waals surface area contributed by atoms with E-state index in [1.807, 2.05) is 16.4 Å². The van der Waals surface area contributed by atoms with Crippen molar-refractivity contribution in [3.63, 3.8) is 0 Å². The van der Waals surface area contributed by atoms with Gasteiger partial charge in [0.2, 0.25) is 0 Å². The van der Waals surface area contributed by atoms with Gasteiger partial charge in [-0.25, -0.2) is 4.68 Å². The molecule has 0 radical (unpaired) electrons. The number of hydrogen-bond acceptors (Lipinski definition) is 5. The Bertz CT molecular complexity index is 281. The highest BCUT2D eigenvalue weighted by Crippen LogP contribution is 2.27. The van der Waals surface area contributed by atoms with E-state index in [9.17, 15) is 0 Å². The van der Waals surface area contributed by atoms with E-state index in [1.54, 1.807) is 0 Å². The average Bonchev–Trinajstić information content (AvgIpc) is 2.84. The fraction of sp³-hybridized carbons (Fsp3) is 0.875. The number of nitrogens with zero attached hydrogens (tertiary/aromatic N) is 4. The second kappa shape index (κ2) is 4.75. The molecule has 1 aliphatic rings. The number of nitrogens with one attached hydrogen (secondary N) is 1. The van der Waals surface area contributed by atoms with E-state index in [-0.39, 0.29) is 0 Å². The summed E-state index contributed by atoms with van der Waals surface area (Å²) in [6, 6.07) is 0.503. The molecule has 0 aromatic carbocycles. The van der Waals surface area contributed by atoms with Crippen LogP contribution in [0.5, 0.6) is 0 Å². The van der Waals surface area contributed by atoms with Gasteiger partial charge in [-0.3, -0.25) is 0 Å². The zero-order valence-electron chi connectivity index (χ0n) is 8.31. The van der Waals surface area contributed by atoms with Crippen molar-refractivity contribution in [1.29, 1.82) is 0 Å². The molecule has 6 heteroatoms. The molecule has 1 saturated heterocycles. The average molecular weight is 213 g/mol. The predicted molar refractivity (Wildman–Crippen MR) is 56.2 cm³/mol. The molecule has 1 unspecified atom stereocenters. The third kappa shape index (κ3) is 2.06. The van der Waals surface area contributed by atoms with Crippen molar-refractivity contribution in [3.05, 3.63) is 5.82 Å². The number of thioether (sulfide) groups is 1. The Hall–Kier alpha value is -0.620. The summed E-state index contributed by atoms with van der Waals surface area (Å²) in [5.74, 6) is 3.33. The van der Waals surface area contributed by atoms with Crippen molar-refractivity contribution in [2.24, 2.45) is 0 Å². The van der Waals surface area contributed by atoms with E-state index in [1.165, 1.54) is 12.2 Å². The lowest BCUT2D eigenvalue weighted by Gasteiger charge is -2.10. The van der Waals surface area contributed by atoms with E-state index >= 15 is 0 Å². The van der Waals surface area contributed by atoms with Crippen LogP contribution in [0, 0.1) is 0 Å². The summed E-state index contributed by atoms with van der Waals surface area (Å²) in [7, 11) is 0. The van der Waals surface area contributed by atoms with E-state index in [0.29, 0.717) is 6.04 Å². The number of aromatic nitrogens is 4. The van der Waals surface area contributed by atoms with E-state index < -0.39 is 0 Å². The second-order valence-electron chi connectivity index (χ2n) is 3.34. The molecular formula is C8H15N5S. The highest BCUT2D eigenvalue weighted by molar-refractivity contribution is 7.99. The van der Waals surface area contributed by atoms with Crippen LogP contribution in [0.15, 0.2) is 0 Å². The molecule has 1 N–H and O–H groups in total. The monoisotopic (exact) mass is 213 g/mol. The maximum atomic E-state index is 4.05. The van der Waals surface area contributed by atoms with Crippen molar-refractivity contribution >= 4 is 11.8 Å². The first-order valence-electron chi connectivity index (χ1n) is 4.97. The van der Waals surface area contributed by atoms with Crippen LogP contribution < -0.4 is 5.32 Å². The zero-order valence-corrected chi connectivity index (χ0v) is 9.13. The van der Waals surface area contributed by atoms with Gasteiger partial charge < -0.3 is 5.32 Å². The second-order valence-corrected chi connectivity index (χ2v) is 4.49. The molecule has 1 atom stereocenters. The largest absolute Gasteiger partial charge is 0.310 e. The van der Waals surface area contributed by atoms with Crippen LogP contribution in [-0.4, -0.2) is 38.3 Å². The Morgan fingerprint density at radius 1 is 1.64 bits per heavy atom. The molecule has 0 bridgehead atoms. The van der Waals surface area contributed by atoms with E-state index in [4.69, 9.17) is 0 Å². The van der Waals surface area contributed by atoms with Gasteiger partial charge in [-0.15, -0.1) is 5.10 Å². The Kier molecular flexibility index (Phi) is 3.36. The van der Waals surface area contributed by atoms with Gasteiger partial charge >= 0.3 is 0 Å². The maximum Gasteiger partial charge on any atom is 0.165 e. The molecule has 78 valence electrons. The first-order valence-corrected chi connectivity index (χ1v) is 6.12. The summed E-state index contributed by atoms with van der Waals surface area (Å²) in [5.41, 5.74) is 0. The molecule has 2 rings (SSSR count). The lowest BCUT2D eigenvalue weighted by Crippen LogP contribution is -2.20. The Labute approximate surface area is 87.6 Å². The molecule has 0 spiro atoms. The summed E-state index contributed by atoms with van der Waals surface area (Å²) >= 11 is 1.98. The van der Waals surface area contributed by atoms with Gasteiger partial charge in [-0.2, -0.15) is 11.8 Å². The SMILES string of the molecule is CCNCc1nnnn1C1CCSC1. The first-order chi connectivity index (χ1) is 6.92. The molecule has 0 saturated carbocycles. The molecular weight excluding hydrogens is 198 g/mol. The lowest BCUT2D eigenvalue weighted by molar-refractivity contribution is 0.460. The standard InChI is InChI=1S/C8H15N5S/c1-2-9-5-8-10-11-12-13(8)7-3-4-14-6-7/h7,9H,2-6H2,1H3. The summed E-state index contributed by atoms with van der Waals surface area (Å²) in [4.78, 5) is 0. The molecule has 1 aliphatic heterocycles. The van der Waals surface area contributed by atoms with Gasteiger partial charge in [0.05, 0.1) is 12.6 Å². The molecule has 14 heavy (non-hydrogen) atoms. The van der Waals surface area contributed by atoms with Crippen LogP contribution in [0.3, 0.4) is 0 Å². The third-order valence-corrected chi connectivity index (χ3v) is 3.49. The Morgan fingerprint density at radius 3 is 3.29 bits per heavy atom. The summed E-state index contributed by atoms with van der Waals surface area (Å²) in [5, 5.41) is 15.1. The molecule has 1 fully saturated rings. The third-order valence-electron chi connectivity index (χ3n) is 2.35. The van der Waals surface area contributed by atoms with Crippen LogP contribution >= 0.6 is 11.8 Å². The minimum Gasteiger partial charge on any atom is -0.310 e. The molecule has 2 heterocycles. The number of hydrogen-bond donors (Lipinski definition) is 1. The van der Waals surface area contributed by atoms with Crippen molar-refractivity contribution in [3.8, 4) is 0 Å². The summed E-state index contributed by atoms with van der Waals surface area (Å²) in [6.07, 6.45) is 1.19. The molecule has 1 aromatic rings. The van der Waals surface area contributed by atoms with Crippen molar-refractivity contribution in [2.75, 3.05) is 18.1 Å². The van der Waals surface area contributed by atoms with Gasteiger partial charge in [0.1, 0.15) is 0 Å². The lowest BCUT2D eigenvalue weighted by atomic mass is 10.3. The minimum atomic E-state index is 0.503. The van der Waals surface area contributed by atoms with Gasteiger partial charge in [-0.05, 0) is 29.1 Å². The van der Waals surface area contributed by atoms with E-state index in [2.05, 4.69) is 27.8 Å². The number of tetrazole rings is 1. The fourth-order valence-electron chi connectivity index (χ4n) is 1.56. The summed E-state index contributed by atoms with van der Waals surface area (Å²) in [6.45, 7) is 3.80. The van der Waals surface area contributed by atoms with Crippen molar-refractivity contribution < 1.29 is 0 Å². The molecule has 1 aromatic heterocycles. The van der Waals surface area contributed by atoms with Gasteiger partial charge in [0.25, 0.3) is 0 Å². The molecule has 0 amide bonds. The van der Waals surface area contributed by atoms with Crippen molar-refractivity contribution in [1.82, 2.24) is 25.5 Å². The van der Waals surface area contributed by atoms with Crippen LogP contribution in [0.25, 0.3) is 0 Å². The minimum absolute atomic E-state index is 0.503. The predicted octanol–water partition coefficient (Wildman–Crippen LogP) is 0.461. The number of rotatable bonds is 4. The van der Waals surface area contributed by atoms with Crippen LogP contribution in [0.2, 0.25) is 0 Å². The van der Waals surface area contributed by atoms with Gasteiger partial charge in [0.15, 0.2) is 5.82 Å². The van der Waals surface area contributed by atoms with Gasteiger partial charge in [-0.1, -0.05) is 6.92 Å². The normalized spacial score (nSPS) is 21.6. The van der Waals surface area contributed by atoms with Crippen LogP contribution in [0.4, 0.5) is 0 Å². The molecule has 5 nitrogen and oxygen atoms in total. The van der Waals surface area contributed by atoms with Crippen LogP contribution in [0.1, 0.15) is 25.2 Å². The maximum absolute atomic E-state index is 4.05. The fourth-order valence-corrected chi connectivity index (χ4v) is 2.75. The first kappa shape index (κ1) is 9.92. The quantitative estimate of drug-likeness (QED) is 0.787. The molecule has 0 aliphatic carbocycles. The Morgan fingerprint density at radius 2 is 2.57 bits per heavy atom. The van der Waals surface area contributed by atoms with Gasteiger partial charge in [0, 0.05) is 5.75 Å². The van der Waals surface area contributed by atoms with E-state index in [0.717, 1.165) is 24.7 Å². The smallest absolute Gasteiger partial charge is 0.165 e. The highest BCUT2D eigenvalue weighted by atomic mass is 32.2.